The van der Waals surface area contributed by atoms with Gasteiger partial charge >= 0.3 is 0 Å². The number of pyridine rings is 3. The van der Waals surface area contributed by atoms with Crippen molar-refractivity contribution in [3.8, 4) is 44.9 Å². The van der Waals surface area contributed by atoms with Gasteiger partial charge in [0.1, 0.15) is 0 Å². The quantitative estimate of drug-likeness (QED) is 0.156. The van der Waals surface area contributed by atoms with Gasteiger partial charge in [0.05, 0.1) is 11.3 Å². The molecule has 0 aliphatic carbocycles. The third-order valence-corrected chi connectivity index (χ3v) is 9.64. The van der Waals surface area contributed by atoms with E-state index < -0.39 is 0 Å². The monoisotopic (exact) mass is 870 g/mol. The van der Waals surface area contributed by atoms with E-state index in [1.165, 1.54) is 44.5 Å². The minimum atomic E-state index is 0. The fourth-order valence-electron chi connectivity index (χ4n) is 6.77. The second-order valence-corrected chi connectivity index (χ2v) is 14.1. The van der Waals surface area contributed by atoms with Crippen LogP contribution in [0.5, 0.6) is 0 Å². The van der Waals surface area contributed by atoms with Crippen LogP contribution < -0.4 is 0 Å². The van der Waals surface area contributed by atoms with E-state index in [-0.39, 0.29) is 20.1 Å². The summed E-state index contributed by atoms with van der Waals surface area (Å²) in [7, 11) is 0. The number of hydrogen-bond donors (Lipinski definition) is 0. The van der Waals surface area contributed by atoms with E-state index in [0.717, 1.165) is 44.6 Å². The van der Waals surface area contributed by atoms with Crippen LogP contribution in [0.25, 0.3) is 67.0 Å². The molecule has 8 aromatic rings. The van der Waals surface area contributed by atoms with Gasteiger partial charge < -0.3 is 14.4 Å². The Morgan fingerprint density at radius 3 is 2.06 bits per heavy atom. The Morgan fingerprint density at radius 2 is 1.38 bits per heavy atom. The summed E-state index contributed by atoms with van der Waals surface area (Å²) in [5.41, 5.74) is 16.0. The summed E-state index contributed by atoms with van der Waals surface area (Å²) in [6.45, 7) is 15.3. The topological polar surface area (TPSA) is 51.8 Å². The summed E-state index contributed by atoms with van der Waals surface area (Å²) in [5.74, 6) is 0.673. The third kappa shape index (κ3) is 7.78. The van der Waals surface area contributed by atoms with Crippen molar-refractivity contribution >= 4 is 22.1 Å². The summed E-state index contributed by atoms with van der Waals surface area (Å²) >= 11 is 0. The normalized spacial score (nSPS) is 11.1. The number of furan rings is 1. The molecule has 267 valence electrons. The third-order valence-electron chi connectivity index (χ3n) is 9.64. The first kappa shape index (κ1) is 37.5. The van der Waals surface area contributed by atoms with Gasteiger partial charge in [-0.2, -0.15) is 0 Å². The molecule has 0 N–H and O–H groups in total. The Hall–Kier alpha value is -5.22. The Bertz CT molecular complexity index is 2480. The maximum atomic E-state index is 6.50. The van der Waals surface area contributed by atoms with Crippen molar-refractivity contribution in [1.29, 1.82) is 0 Å². The van der Waals surface area contributed by atoms with E-state index in [1.807, 2.05) is 55.7 Å². The minimum absolute atomic E-state index is 0. The second-order valence-electron chi connectivity index (χ2n) is 14.1. The van der Waals surface area contributed by atoms with Crippen LogP contribution >= 0.6 is 0 Å². The number of rotatable bonds is 6. The smallest absolute Gasteiger partial charge is 0.216 e. The summed E-state index contributed by atoms with van der Waals surface area (Å²) in [6.07, 6.45) is 3.78. The van der Waals surface area contributed by atoms with E-state index in [1.54, 1.807) is 0 Å². The molecule has 0 amide bonds. The van der Waals surface area contributed by atoms with Crippen molar-refractivity contribution in [2.75, 3.05) is 0 Å². The van der Waals surface area contributed by atoms with Crippen LogP contribution in [0.2, 0.25) is 0 Å². The Labute approximate surface area is 326 Å². The Balaban J connectivity index is 0.000000289. The largest absolute Gasteiger partial charge is 0.486 e. The van der Waals surface area contributed by atoms with Gasteiger partial charge in [-0.3, -0.25) is 0 Å². The van der Waals surface area contributed by atoms with E-state index in [4.69, 9.17) is 9.40 Å². The number of nitrogens with zero attached hydrogens (tertiary/aromatic N) is 3. The average Bonchev–Trinajstić information content (AvgIpc) is 3.55. The fraction of sp³-hybridized carbons (Fsp3) is 0.188. The van der Waals surface area contributed by atoms with Gasteiger partial charge in [-0.25, -0.2) is 4.98 Å². The molecule has 0 saturated carbocycles. The molecule has 0 saturated heterocycles. The van der Waals surface area contributed by atoms with Crippen LogP contribution in [0.4, 0.5) is 0 Å². The molecule has 5 heteroatoms. The summed E-state index contributed by atoms with van der Waals surface area (Å²) in [6, 6.07) is 44.1. The molecule has 4 aromatic carbocycles. The van der Waals surface area contributed by atoms with E-state index in [9.17, 15) is 0 Å². The summed E-state index contributed by atoms with van der Waals surface area (Å²) in [4.78, 5) is 14.2. The van der Waals surface area contributed by atoms with Crippen molar-refractivity contribution < 1.29 is 24.5 Å². The van der Waals surface area contributed by atoms with Gasteiger partial charge in [0.2, 0.25) is 5.71 Å². The van der Waals surface area contributed by atoms with Gasteiger partial charge in [-0.15, -0.1) is 54.1 Å². The van der Waals surface area contributed by atoms with Crippen molar-refractivity contribution in [2.45, 2.75) is 60.3 Å². The SMILES string of the molecule is Cc1ccc(-c2[c-]cccc2)nc1.Cc1cnc(-c2[c-]ccc3c2oc2nc(-c4c(C(C)C)ccc(-c5ccccc5)c4C(C)C)ccc23)cc1C.[Ir]. The van der Waals surface area contributed by atoms with Crippen LogP contribution in [0, 0.1) is 32.9 Å². The van der Waals surface area contributed by atoms with Crippen LogP contribution in [0.15, 0.2) is 126 Å². The van der Waals surface area contributed by atoms with Crippen molar-refractivity contribution in [1.82, 2.24) is 15.0 Å². The van der Waals surface area contributed by atoms with Crippen molar-refractivity contribution in [3.05, 3.63) is 162 Å². The van der Waals surface area contributed by atoms with Gasteiger partial charge in [0, 0.05) is 43.4 Å². The molecule has 53 heavy (non-hydrogen) atoms. The number of fused-ring (bicyclic) bond motifs is 3. The minimum Gasteiger partial charge on any atom is -0.486 e. The number of aryl methyl sites for hydroxylation is 3. The molecule has 0 fully saturated rings. The zero-order chi connectivity index (χ0) is 36.4. The molecule has 0 unspecified atom stereocenters. The molecular formula is C48H43IrN3O-2. The predicted octanol–water partition coefficient (Wildman–Crippen LogP) is 12.9. The first-order valence-corrected chi connectivity index (χ1v) is 18.0. The molecular weight excluding hydrogens is 827 g/mol. The van der Waals surface area contributed by atoms with Gasteiger partial charge in [-0.1, -0.05) is 105 Å². The van der Waals surface area contributed by atoms with Crippen LogP contribution in [0.3, 0.4) is 0 Å². The second kappa shape index (κ2) is 16.2. The first-order valence-electron chi connectivity index (χ1n) is 18.0. The maximum Gasteiger partial charge on any atom is 0.216 e. The van der Waals surface area contributed by atoms with Crippen molar-refractivity contribution in [2.24, 2.45) is 0 Å². The zero-order valence-corrected chi connectivity index (χ0v) is 33.7. The summed E-state index contributed by atoms with van der Waals surface area (Å²) < 4.78 is 6.50. The molecule has 4 heterocycles. The molecule has 0 aliphatic rings. The van der Waals surface area contributed by atoms with Gasteiger partial charge in [0.25, 0.3) is 0 Å². The van der Waals surface area contributed by atoms with Crippen LogP contribution in [-0.4, -0.2) is 15.0 Å². The molecule has 0 aliphatic heterocycles. The van der Waals surface area contributed by atoms with E-state index in [2.05, 4.69) is 136 Å². The Kier molecular flexibility index (Phi) is 11.5. The Morgan fingerprint density at radius 1 is 0.623 bits per heavy atom. The molecule has 0 bridgehead atoms. The first-order chi connectivity index (χ1) is 25.2. The standard InChI is InChI=1S/C36H33N2O.C12H10N.Ir/c1-21(2)26-15-16-27(25-11-8-7-9-12-25)33(22(3)4)34(26)31-18-17-29-28-13-10-14-30(35(28)39-36(29)38-31)32-19-23(5)24(6)20-37-32;1-10-7-8-12(13-9-10)11-5-3-2-4-6-11;/h7-13,15-22H,1-6H3;2-5,7-9H,1H3;/q2*-1;. The number of hydrogen-bond acceptors (Lipinski definition) is 4. The van der Waals surface area contributed by atoms with E-state index in [0.29, 0.717) is 17.5 Å². The molecule has 4 aromatic heterocycles. The fourth-order valence-corrected chi connectivity index (χ4v) is 6.77. The number of aromatic nitrogens is 3. The molecule has 0 atom stereocenters. The maximum absolute atomic E-state index is 6.50. The molecule has 8 rings (SSSR count). The average molecular weight is 870 g/mol. The van der Waals surface area contributed by atoms with Crippen LogP contribution in [0.1, 0.15) is 67.3 Å². The molecule has 0 spiro atoms. The predicted molar refractivity (Wildman–Crippen MR) is 215 cm³/mol. The molecule has 4 nitrogen and oxygen atoms in total. The van der Waals surface area contributed by atoms with E-state index >= 15 is 0 Å². The van der Waals surface area contributed by atoms with Gasteiger partial charge in [0.15, 0.2) is 0 Å². The molecule has 1 radical (unpaired) electrons. The summed E-state index contributed by atoms with van der Waals surface area (Å²) in [5, 5.41) is 2.04. The van der Waals surface area contributed by atoms with Gasteiger partial charge in [-0.05, 0) is 89.5 Å². The number of benzene rings is 4. The van der Waals surface area contributed by atoms with Crippen molar-refractivity contribution in [3.63, 3.8) is 0 Å². The zero-order valence-electron chi connectivity index (χ0n) is 31.3. The van der Waals surface area contributed by atoms with Crippen LogP contribution in [-0.2, 0) is 20.1 Å².